The highest BCUT2D eigenvalue weighted by Crippen LogP contribution is 2.34. The number of aromatic nitrogens is 3. The lowest BCUT2D eigenvalue weighted by Gasteiger charge is -2.25. The van der Waals surface area contributed by atoms with Crippen LogP contribution in [0.3, 0.4) is 0 Å². The van der Waals surface area contributed by atoms with Crippen molar-refractivity contribution in [2.24, 2.45) is 5.92 Å². The number of amides is 1. The fraction of sp³-hybridized carbons (Fsp3) is 0.500. The molecule has 0 radical (unpaired) electrons. The van der Waals surface area contributed by atoms with E-state index < -0.39 is 0 Å². The Bertz CT molecular complexity index is 1170. The fourth-order valence-electron chi connectivity index (χ4n) is 4.51. The molecule has 0 bridgehead atoms. The molecule has 3 aromatic rings. The van der Waals surface area contributed by atoms with Crippen LogP contribution in [0, 0.1) is 19.8 Å². The molecule has 0 saturated heterocycles. The Balaban J connectivity index is 1.48. The summed E-state index contributed by atoms with van der Waals surface area (Å²) in [7, 11) is 0. The summed E-state index contributed by atoms with van der Waals surface area (Å²) < 4.78 is 13.3. The maximum atomic E-state index is 13.0. The van der Waals surface area contributed by atoms with E-state index >= 15 is 0 Å². The summed E-state index contributed by atoms with van der Waals surface area (Å²) in [5.74, 6) is 1.76. The van der Waals surface area contributed by atoms with Gasteiger partial charge < -0.3 is 14.8 Å². The second kappa shape index (κ2) is 9.41. The Morgan fingerprint density at radius 3 is 2.55 bits per heavy atom. The van der Waals surface area contributed by atoms with Gasteiger partial charge >= 0.3 is 0 Å². The first-order chi connectivity index (χ1) is 15.8. The Kier molecular flexibility index (Phi) is 6.58. The van der Waals surface area contributed by atoms with E-state index in [2.05, 4.69) is 45.0 Å². The average molecular weight is 451 g/mol. The van der Waals surface area contributed by atoms with Crippen LogP contribution in [0.4, 0.5) is 0 Å². The fourth-order valence-corrected chi connectivity index (χ4v) is 4.51. The molecule has 1 unspecified atom stereocenters. The van der Waals surface area contributed by atoms with Crippen molar-refractivity contribution in [2.75, 3.05) is 13.2 Å². The molecule has 0 aliphatic carbocycles. The van der Waals surface area contributed by atoms with Crippen molar-refractivity contribution in [3.05, 3.63) is 46.8 Å². The van der Waals surface area contributed by atoms with Gasteiger partial charge in [-0.2, -0.15) is 5.10 Å². The van der Waals surface area contributed by atoms with Gasteiger partial charge in [0.05, 0.1) is 12.2 Å². The van der Waals surface area contributed by atoms with E-state index in [0.29, 0.717) is 26.1 Å². The van der Waals surface area contributed by atoms with E-state index in [9.17, 15) is 4.79 Å². The summed E-state index contributed by atoms with van der Waals surface area (Å²) in [6.45, 7) is 13.7. The van der Waals surface area contributed by atoms with E-state index in [1.165, 1.54) is 0 Å². The van der Waals surface area contributed by atoms with E-state index in [1.54, 1.807) is 0 Å². The Morgan fingerprint density at radius 1 is 1.12 bits per heavy atom. The summed E-state index contributed by atoms with van der Waals surface area (Å²) in [5, 5.41) is 8.80. The Morgan fingerprint density at radius 2 is 1.85 bits per heavy atom. The highest BCUT2D eigenvalue weighted by molar-refractivity contribution is 5.81. The molecule has 4 rings (SSSR count). The molecule has 2 aromatic heterocycles. The van der Waals surface area contributed by atoms with Gasteiger partial charge in [-0.1, -0.05) is 19.9 Å². The van der Waals surface area contributed by atoms with E-state index in [-0.39, 0.29) is 23.9 Å². The maximum Gasteiger partial charge on any atom is 0.220 e. The zero-order valence-electron chi connectivity index (χ0n) is 20.4. The second-order valence-corrected chi connectivity index (χ2v) is 9.41. The van der Waals surface area contributed by atoms with Crippen molar-refractivity contribution in [3.63, 3.8) is 0 Å². The zero-order valence-corrected chi connectivity index (χ0v) is 20.4. The number of carbonyl (C=O) groups excluding carboxylic acids is 1. The number of carbonyl (C=O) groups is 1. The number of benzene rings is 1. The highest BCUT2D eigenvalue weighted by Gasteiger charge is 2.22. The first-order valence-electron chi connectivity index (χ1n) is 11.8. The molecule has 7 heteroatoms. The minimum Gasteiger partial charge on any atom is -0.486 e. The van der Waals surface area contributed by atoms with Crippen LogP contribution < -0.4 is 14.8 Å². The molecule has 0 saturated carbocycles. The lowest BCUT2D eigenvalue weighted by molar-refractivity contribution is -0.122. The summed E-state index contributed by atoms with van der Waals surface area (Å²) in [6, 6.07) is 6.07. The van der Waals surface area contributed by atoms with Gasteiger partial charge in [-0.15, -0.1) is 0 Å². The second-order valence-electron chi connectivity index (χ2n) is 9.41. The predicted molar refractivity (Wildman–Crippen MR) is 129 cm³/mol. The topological polar surface area (TPSA) is 78.3 Å². The number of ether oxygens (including phenoxy) is 2. The average Bonchev–Trinajstić information content (AvgIpc) is 3.21. The van der Waals surface area contributed by atoms with Gasteiger partial charge in [0.2, 0.25) is 5.91 Å². The van der Waals surface area contributed by atoms with Gasteiger partial charge in [0.1, 0.15) is 13.2 Å². The number of nitrogens with zero attached hydrogens (tertiary/aromatic N) is 3. The molecule has 1 aromatic carbocycles. The monoisotopic (exact) mass is 450 g/mol. The van der Waals surface area contributed by atoms with Crippen molar-refractivity contribution in [2.45, 2.75) is 66.5 Å². The third-order valence-corrected chi connectivity index (χ3v) is 6.34. The smallest absolute Gasteiger partial charge is 0.220 e. The first-order valence-corrected chi connectivity index (χ1v) is 11.8. The van der Waals surface area contributed by atoms with Crippen LogP contribution in [-0.2, 0) is 11.2 Å². The molecular formula is C26H34N4O3. The van der Waals surface area contributed by atoms with Crippen LogP contribution in [0.1, 0.15) is 68.6 Å². The molecule has 1 N–H and O–H groups in total. The number of pyridine rings is 1. The van der Waals surface area contributed by atoms with E-state index in [4.69, 9.17) is 14.5 Å². The van der Waals surface area contributed by atoms with Crippen LogP contribution in [-0.4, -0.2) is 33.9 Å². The number of aryl methyl sites for hydroxylation is 2. The number of rotatable bonds is 7. The molecule has 7 nitrogen and oxygen atoms in total. The van der Waals surface area contributed by atoms with Crippen LogP contribution in [0.15, 0.2) is 24.4 Å². The molecule has 33 heavy (non-hydrogen) atoms. The van der Waals surface area contributed by atoms with Gasteiger partial charge in [0, 0.05) is 23.5 Å². The normalized spacial score (nSPS) is 14.2. The molecule has 176 valence electrons. The Hall–Kier alpha value is -3.09. The van der Waals surface area contributed by atoms with Gasteiger partial charge in [-0.05, 0) is 68.9 Å². The predicted octanol–water partition coefficient (Wildman–Crippen LogP) is 4.85. The van der Waals surface area contributed by atoms with Crippen molar-refractivity contribution < 1.29 is 14.3 Å². The minimum atomic E-state index is -0.0969. The zero-order chi connectivity index (χ0) is 23.7. The quantitative estimate of drug-likeness (QED) is 0.557. The van der Waals surface area contributed by atoms with Crippen molar-refractivity contribution >= 4 is 16.9 Å². The van der Waals surface area contributed by atoms with Crippen LogP contribution in [0.5, 0.6) is 11.5 Å². The highest BCUT2D eigenvalue weighted by atomic mass is 16.6. The van der Waals surface area contributed by atoms with Gasteiger partial charge in [0.25, 0.3) is 0 Å². The van der Waals surface area contributed by atoms with Crippen molar-refractivity contribution in [1.29, 1.82) is 0 Å². The molecule has 0 spiro atoms. The summed E-state index contributed by atoms with van der Waals surface area (Å²) in [4.78, 5) is 17.8. The maximum absolute atomic E-state index is 13.0. The number of fused-ring (bicyclic) bond motifs is 2. The lowest BCUT2D eigenvalue weighted by atomic mass is 9.95. The Labute approximate surface area is 195 Å². The molecule has 1 atom stereocenters. The van der Waals surface area contributed by atoms with E-state index in [0.717, 1.165) is 44.9 Å². The van der Waals surface area contributed by atoms with Crippen LogP contribution in [0.2, 0.25) is 0 Å². The summed E-state index contributed by atoms with van der Waals surface area (Å²) >= 11 is 0. The number of hydrogen-bond acceptors (Lipinski definition) is 5. The molecule has 1 amide bonds. The number of hydrogen-bond donors (Lipinski definition) is 1. The van der Waals surface area contributed by atoms with E-state index in [1.807, 2.05) is 36.0 Å². The molecule has 3 heterocycles. The summed E-state index contributed by atoms with van der Waals surface area (Å²) in [6.07, 6.45) is 2.93. The van der Waals surface area contributed by atoms with Gasteiger partial charge in [-0.25, -0.2) is 9.67 Å². The van der Waals surface area contributed by atoms with Gasteiger partial charge in [-0.3, -0.25) is 4.79 Å². The summed E-state index contributed by atoms with van der Waals surface area (Å²) in [5.41, 5.74) is 5.18. The molecule has 1 aliphatic heterocycles. The SMILES string of the molecule is Cc1nc2c(cnn2C(C)C)c(C)c1CCC(=O)NC(c1ccc2c(c1)OCCO2)C(C)C. The van der Waals surface area contributed by atoms with Gasteiger partial charge in [0.15, 0.2) is 17.1 Å². The standard InChI is InChI=1S/C26H34N4O3/c1-15(2)25(19-7-9-22-23(13-19)33-12-11-32-22)29-24(31)10-8-20-17(5)21-14-27-30(16(3)4)26(21)28-18(20)6/h7,9,13-16,25H,8,10-12H2,1-6H3,(H,29,31). The molecule has 0 fully saturated rings. The van der Waals surface area contributed by atoms with Crippen molar-refractivity contribution in [3.8, 4) is 11.5 Å². The third-order valence-electron chi connectivity index (χ3n) is 6.34. The first kappa shape index (κ1) is 23.1. The molecular weight excluding hydrogens is 416 g/mol. The van der Waals surface area contributed by atoms with Crippen LogP contribution in [0.25, 0.3) is 11.0 Å². The lowest BCUT2D eigenvalue weighted by Crippen LogP contribution is -2.32. The van der Waals surface area contributed by atoms with Crippen molar-refractivity contribution in [1.82, 2.24) is 20.1 Å². The molecule has 1 aliphatic rings. The largest absolute Gasteiger partial charge is 0.486 e. The third kappa shape index (κ3) is 4.68. The van der Waals surface area contributed by atoms with Crippen LogP contribution >= 0.6 is 0 Å². The number of nitrogens with one attached hydrogen (secondary N) is 1. The minimum absolute atomic E-state index is 0.0281.